The second-order valence-electron chi connectivity index (χ2n) is 3.62. The van der Waals surface area contributed by atoms with Gasteiger partial charge in [0.2, 0.25) is 0 Å². The number of benzene rings is 1. The molecule has 0 aliphatic heterocycles. The van der Waals surface area contributed by atoms with Crippen molar-refractivity contribution in [1.82, 2.24) is 0 Å². The highest BCUT2D eigenvalue weighted by Crippen LogP contribution is 2.19. The van der Waals surface area contributed by atoms with Gasteiger partial charge in [-0.1, -0.05) is 18.2 Å². The lowest BCUT2D eigenvalue weighted by molar-refractivity contribution is -0.139. The van der Waals surface area contributed by atoms with E-state index in [1.807, 2.05) is 12.1 Å². The Kier molecular flexibility index (Phi) is 4.79. The molecule has 0 aromatic heterocycles. The maximum atomic E-state index is 10.5. The molecule has 1 unspecified atom stereocenters. The molecule has 4 heteroatoms. The third-order valence-electron chi connectivity index (χ3n) is 2.46. The number of aliphatic carboxylic acids is 1. The number of rotatable bonds is 6. The fourth-order valence-corrected chi connectivity index (χ4v) is 1.54. The van der Waals surface area contributed by atoms with Crippen LogP contribution in [-0.4, -0.2) is 29.4 Å². The summed E-state index contributed by atoms with van der Waals surface area (Å²) in [5.41, 5.74) is 0.815. The molecular formula is C12H16O4. The van der Waals surface area contributed by atoms with Crippen LogP contribution >= 0.6 is 0 Å². The van der Waals surface area contributed by atoms with E-state index in [1.165, 1.54) is 7.11 Å². The van der Waals surface area contributed by atoms with Crippen molar-refractivity contribution in [3.05, 3.63) is 29.8 Å². The Hall–Kier alpha value is -1.55. The van der Waals surface area contributed by atoms with E-state index >= 15 is 0 Å². The predicted molar refractivity (Wildman–Crippen MR) is 59.5 cm³/mol. The first-order valence-corrected chi connectivity index (χ1v) is 5.15. The van der Waals surface area contributed by atoms with Gasteiger partial charge < -0.3 is 14.9 Å². The SMILES string of the molecule is COC(CCc1ccccc1O)CC(=O)O. The molecule has 1 aromatic rings. The molecule has 0 radical (unpaired) electrons. The minimum Gasteiger partial charge on any atom is -0.508 e. The summed E-state index contributed by atoms with van der Waals surface area (Å²) in [7, 11) is 1.50. The van der Waals surface area contributed by atoms with Crippen LogP contribution in [0.3, 0.4) is 0 Å². The molecule has 0 amide bonds. The van der Waals surface area contributed by atoms with Crippen molar-refractivity contribution in [2.75, 3.05) is 7.11 Å². The quantitative estimate of drug-likeness (QED) is 0.773. The van der Waals surface area contributed by atoms with Crippen LogP contribution in [0.5, 0.6) is 5.75 Å². The van der Waals surface area contributed by atoms with E-state index in [0.717, 1.165) is 5.56 Å². The lowest BCUT2D eigenvalue weighted by Gasteiger charge is -2.13. The summed E-state index contributed by atoms with van der Waals surface area (Å²) in [6, 6.07) is 7.04. The molecule has 0 saturated carbocycles. The van der Waals surface area contributed by atoms with Crippen molar-refractivity contribution in [1.29, 1.82) is 0 Å². The maximum absolute atomic E-state index is 10.5. The number of hydrogen-bond acceptors (Lipinski definition) is 3. The number of aromatic hydroxyl groups is 1. The van der Waals surface area contributed by atoms with Gasteiger partial charge >= 0.3 is 5.97 Å². The molecule has 1 atom stereocenters. The summed E-state index contributed by atoms with van der Waals surface area (Å²) in [5.74, 6) is -0.628. The van der Waals surface area contributed by atoms with Gasteiger partial charge in [0.1, 0.15) is 5.75 Å². The smallest absolute Gasteiger partial charge is 0.305 e. The molecule has 4 nitrogen and oxygen atoms in total. The number of methoxy groups -OCH3 is 1. The Balaban J connectivity index is 2.49. The number of carboxylic acid groups (broad SMARTS) is 1. The molecule has 1 aromatic carbocycles. The monoisotopic (exact) mass is 224 g/mol. The van der Waals surface area contributed by atoms with Gasteiger partial charge in [-0.15, -0.1) is 0 Å². The largest absolute Gasteiger partial charge is 0.508 e. The maximum Gasteiger partial charge on any atom is 0.305 e. The zero-order chi connectivity index (χ0) is 12.0. The first-order chi connectivity index (χ1) is 7.63. The number of hydrogen-bond donors (Lipinski definition) is 2. The van der Waals surface area contributed by atoms with Gasteiger partial charge in [-0.05, 0) is 24.5 Å². The minimum absolute atomic E-state index is 0.00983. The molecule has 0 saturated heterocycles. The summed E-state index contributed by atoms with van der Waals surface area (Å²) in [6.45, 7) is 0. The highest BCUT2D eigenvalue weighted by atomic mass is 16.5. The van der Waals surface area contributed by atoms with Crippen molar-refractivity contribution >= 4 is 5.97 Å². The fraction of sp³-hybridized carbons (Fsp3) is 0.417. The lowest BCUT2D eigenvalue weighted by Crippen LogP contribution is -2.16. The van der Waals surface area contributed by atoms with E-state index in [9.17, 15) is 9.90 Å². The van der Waals surface area contributed by atoms with Crippen LogP contribution in [0, 0.1) is 0 Å². The molecule has 16 heavy (non-hydrogen) atoms. The van der Waals surface area contributed by atoms with Gasteiger partial charge in [0.05, 0.1) is 12.5 Å². The number of aryl methyl sites for hydroxylation is 1. The second kappa shape index (κ2) is 6.12. The topological polar surface area (TPSA) is 66.8 Å². The van der Waals surface area contributed by atoms with E-state index in [2.05, 4.69) is 0 Å². The number of para-hydroxylation sites is 1. The van der Waals surface area contributed by atoms with Gasteiger partial charge in [0.25, 0.3) is 0 Å². The standard InChI is InChI=1S/C12H16O4/c1-16-10(8-12(14)15)7-6-9-4-2-3-5-11(9)13/h2-5,10,13H,6-8H2,1H3,(H,14,15). The summed E-state index contributed by atoms with van der Waals surface area (Å²) in [5, 5.41) is 18.2. The molecule has 1 rings (SSSR count). The third-order valence-corrected chi connectivity index (χ3v) is 2.46. The Labute approximate surface area is 94.5 Å². The zero-order valence-electron chi connectivity index (χ0n) is 9.22. The van der Waals surface area contributed by atoms with Gasteiger partial charge in [-0.3, -0.25) is 4.79 Å². The van der Waals surface area contributed by atoms with Crippen molar-refractivity contribution in [3.63, 3.8) is 0 Å². The lowest BCUT2D eigenvalue weighted by atomic mass is 10.0. The second-order valence-corrected chi connectivity index (χ2v) is 3.62. The van der Waals surface area contributed by atoms with Gasteiger partial charge in [0.15, 0.2) is 0 Å². The molecule has 88 valence electrons. The fourth-order valence-electron chi connectivity index (χ4n) is 1.54. The number of ether oxygens (including phenoxy) is 1. The molecule has 0 aliphatic carbocycles. The summed E-state index contributed by atoms with van der Waals surface area (Å²) in [6.07, 6.45) is 0.875. The molecule has 0 spiro atoms. The van der Waals surface area contributed by atoms with E-state index in [1.54, 1.807) is 12.1 Å². The third kappa shape index (κ3) is 3.90. The molecular weight excluding hydrogens is 208 g/mol. The van der Waals surface area contributed by atoms with Crippen LogP contribution < -0.4 is 0 Å². The highest BCUT2D eigenvalue weighted by Gasteiger charge is 2.12. The van der Waals surface area contributed by atoms with Crippen LogP contribution in [0.1, 0.15) is 18.4 Å². The van der Waals surface area contributed by atoms with E-state index in [0.29, 0.717) is 12.8 Å². The highest BCUT2D eigenvalue weighted by molar-refractivity contribution is 5.67. The molecule has 2 N–H and O–H groups in total. The summed E-state index contributed by atoms with van der Waals surface area (Å²) in [4.78, 5) is 10.5. The number of phenolic OH excluding ortho intramolecular Hbond substituents is 1. The van der Waals surface area contributed by atoms with Crippen LogP contribution in [-0.2, 0) is 16.0 Å². The molecule has 0 aliphatic rings. The van der Waals surface area contributed by atoms with Crippen molar-refractivity contribution in [2.45, 2.75) is 25.4 Å². The van der Waals surface area contributed by atoms with E-state index < -0.39 is 5.97 Å². The zero-order valence-corrected chi connectivity index (χ0v) is 9.22. The minimum atomic E-state index is -0.871. The van der Waals surface area contributed by atoms with E-state index in [-0.39, 0.29) is 18.3 Å². The Morgan fingerprint density at radius 2 is 2.12 bits per heavy atom. The van der Waals surface area contributed by atoms with E-state index in [4.69, 9.17) is 9.84 Å². The number of carbonyl (C=O) groups is 1. The van der Waals surface area contributed by atoms with Crippen LogP contribution in [0.15, 0.2) is 24.3 Å². The van der Waals surface area contributed by atoms with Crippen molar-refractivity contribution in [3.8, 4) is 5.75 Å². The first kappa shape index (κ1) is 12.5. The number of phenols is 1. The average molecular weight is 224 g/mol. The Bertz CT molecular complexity index is 349. The number of carboxylic acids is 1. The predicted octanol–water partition coefficient (Wildman–Crippen LogP) is 1.81. The normalized spacial score (nSPS) is 12.3. The van der Waals surface area contributed by atoms with Gasteiger partial charge in [-0.25, -0.2) is 0 Å². The van der Waals surface area contributed by atoms with Crippen LogP contribution in [0.25, 0.3) is 0 Å². The first-order valence-electron chi connectivity index (χ1n) is 5.15. The van der Waals surface area contributed by atoms with Crippen molar-refractivity contribution in [2.24, 2.45) is 0 Å². The Morgan fingerprint density at radius 3 is 2.69 bits per heavy atom. The average Bonchev–Trinajstić information content (AvgIpc) is 2.25. The van der Waals surface area contributed by atoms with Crippen molar-refractivity contribution < 1.29 is 19.7 Å². The molecule has 0 fully saturated rings. The summed E-state index contributed by atoms with van der Waals surface area (Å²) < 4.78 is 5.06. The molecule has 0 bridgehead atoms. The van der Waals surface area contributed by atoms with Crippen LogP contribution in [0.2, 0.25) is 0 Å². The summed E-state index contributed by atoms with van der Waals surface area (Å²) >= 11 is 0. The van der Waals surface area contributed by atoms with Gasteiger partial charge in [0, 0.05) is 7.11 Å². The van der Waals surface area contributed by atoms with Gasteiger partial charge in [-0.2, -0.15) is 0 Å². The van der Waals surface area contributed by atoms with Crippen LogP contribution in [0.4, 0.5) is 0 Å². The molecule has 0 heterocycles. The Morgan fingerprint density at radius 1 is 1.44 bits per heavy atom.